The van der Waals surface area contributed by atoms with Crippen molar-refractivity contribution in [3.8, 4) is 0 Å². The zero-order valence-electron chi connectivity index (χ0n) is 19.1. The molecule has 2 N–H and O–H groups in total. The molecule has 0 bridgehead atoms. The van der Waals surface area contributed by atoms with Crippen LogP contribution in [0.3, 0.4) is 0 Å². The monoisotopic (exact) mass is 463 g/mol. The number of ether oxygens (including phenoxy) is 1. The molecule has 1 heterocycles. The number of likely N-dealkylation sites (tertiary alicyclic amines) is 1. The standard InChI is InChI=1S/C26H29N3O5/c1-2-27-26(33)28-24(31)23(20-11-7-4-8-12-20)34-25(32)21-15-17-29(18-16-21)22(30)14-13-19-9-5-3-6-10-19/h3-14,21,23H,2,15-18H2,1H3,(H2,27,28,31,33)/b14-13+. The number of carbonyl (C=O) groups excluding carboxylic acids is 4. The number of hydrogen-bond acceptors (Lipinski definition) is 5. The van der Waals surface area contributed by atoms with Crippen LogP contribution >= 0.6 is 0 Å². The molecule has 1 atom stereocenters. The highest BCUT2D eigenvalue weighted by Gasteiger charge is 2.32. The van der Waals surface area contributed by atoms with Crippen LogP contribution in [0.2, 0.25) is 0 Å². The molecule has 178 valence electrons. The fourth-order valence-electron chi connectivity index (χ4n) is 3.67. The van der Waals surface area contributed by atoms with Crippen molar-refractivity contribution in [2.75, 3.05) is 19.6 Å². The summed E-state index contributed by atoms with van der Waals surface area (Å²) in [6, 6.07) is 17.4. The topological polar surface area (TPSA) is 105 Å². The maximum Gasteiger partial charge on any atom is 0.321 e. The van der Waals surface area contributed by atoms with Crippen molar-refractivity contribution in [2.24, 2.45) is 5.92 Å². The van der Waals surface area contributed by atoms with Crippen LogP contribution in [0.15, 0.2) is 66.7 Å². The van der Waals surface area contributed by atoms with Crippen LogP contribution in [0.1, 0.15) is 37.0 Å². The second-order valence-corrected chi connectivity index (χ2v) is 7.92. The van der Waals surface area contributed by atoms with E-state index in [0.717, 1.165) is 5.56 Å². The molecule has 1 aliphatic heterocycles. The third-order valence-corrected chi connectivity index (χ3v) is 5.51. The van der Waals surface area contributed by atoms with Gasteiger partial charge in [-0.25, -0.2) is 4.79 Å². The van der Waals surface area contributed by atoms with Gasteiger partial charge in [0.2, 0.25) is 12.0 Å². The van der Waals surface area contributed by atoms with E-state index >= 15 is 0 Å². The summed E-state index contributed by atoms with van der Waals surface area (Å²) in [5, 5.41) is 4.69. The molecule has 2 aromatic carbocycles. The maximum absolute atomic E-state index is 12.9. The Kier molecular flexibility index (Phi) is 8.96. The van der Waals surface area contributed by atoms with Crippen molar-refractivity contribution in [1.82, 2.24) is 15.5 Å². The van der Waals surface area contributed by atoms with Gasteiger partial charge in [0, 0.05) is 31.3 Å². The summed E-state index contributed by atoms with van der Waals surface area (Å²) < 4.78 is 5.57. The van der Waals surface area contributed by atoms with E-state index in [-0.39, 0.29) is 5.91 Å². The molecule has 8 nitrogen and oxygen atoms in total. The molecule has 0 spiro atoms. The van der Waals surface area contributed by atoms with E-state index in [4.69, 9.17) is 4.74 Å². The number of imide groups is 1. The van der Waals surface area contributed by atoms with Crippen molar-refractivity contribution >= 4 is 29.9 Å². The summed E-state index contributed by atoms with van der Waals surface area (Å²) in [7, 11) is 0. The third kappa shape index (κ3) is 7.03. The Labute approximate surface area is 199 Å². The van der Waals surface area contributed by atoms with E-state index in [2.05, 4.69) is 10.6 Å². The molecule has 2 aromatic rings. The number of hydrogen-bond donors (Lipinski definition) is 2. The average molecular weight is 464 g/mol. The van der Waals surface area contributed by atoms with Gasteiger partial charge < -0.3 is 15.0 Å². The van der Waals surface area contributed by atoms with Crippen LogP contribution in [-0.2, 0) is 19.1 Å². The van der Waals surface area contributed by atoms with Gasteiger partial charge in [-0.3, -0.25) is 19.7 Å². The number of nitrogens with zero attached hydrogens (tertiary/aromatic N) is 1. The first kappa shape index (κ1) is 24.7. The van der Waals surface area contributed by atoms with Gasteiger partial charge in [0.25, 0.3) is 5.91 Å². The lowest BCUT2D eigenvalue weighted by molar-refractivity contribution is -0.162. The largest absolute Gasteiger partial charge is 0.447 e. The molecule has 0 aromatic heterocycles. The van der Waals surface area contributed by atoms with Crippen molar-refractivity contribution in [2.45, 2.75) is 25.9 Å². The van der Waals surface area contributed by atoms with Gasteiger partial charge in [-0.15, -0.1) is 0 Å². The molecular formula is C26H29N3O5. The van der Waals surface area contributed by atoms with Gasteiger partial charge >= 0.3 is 12.0 Å². The van der Waals surface area contributed by atoms with Crippen LogP contribution in [-0.4, -0.2) is 48.3 Å². The molecule has 1 saturated heterocycles. The van der Waals surface area contributed by atoms with Crippen molar-refractivity contribution in [1.29, 1.82) is 0 Å². The van der Waals surface area contributed by atoms with Gasteiger partial charge in [0.05, 0.1) is 5.92 Å². The first-order valence-corrected chi connectivity index (χ1v) is 11.3. The summed E-state index contributed by atoms with van der Waals surface area (Å²) >= 11 is 0. The predicted octanol–water partition coefficient (Wildman–Crippen LogP) is 3.07. The highest BCUT2D eigenvalue weighted by Crippen LogP contribution is 2.24. The number of piperidine rings is 1. The fourth-order valence-corrected chi connectivity index (χ4v) is 3.67. The Hall–Kier alpha value is -3.94. The second kappa shape index (κ2) is 12.3. The fraction of sp³-hybridized carbons (Fsp3) is 0.308. The van der Waals surface area contributed by atoms with Gasteiger partial charge in [0.1, 0.15) is 0 Å². The van der Waals surface area contributed by atoms with Crippen LogP contribution < -0.4 is 10.6 Å². The molecule has 1 aliphatic rings. The molecule has 1 fully saturated rings. The zero-order valence-corrected chi connectivity index (χ0v) is 19.1. The van der Waals surface area contributed by atoms with Gasteiger partial charge in [0.15, 0.2) is 0 Å². The minimum absolute atomic E-state index is 0.112. The van der Waals surface area contributed by atoms with Gasteiger partial charge in [-0.2, -0.15) is 0 Å². The van der Waals surface area contributed by atoms with Crippen LogP contribution in [0.5, 0.6) is 0 Å². The highest BCUT2D eigenvalue weighted by atomic mass is 16.5. The molecular weight excluding hydrogens is 434 g/mol. The number of carbonyl (C=O) groups is 4. The maximum atomic E-state index is 12.9. The second-order valence-electron chi connectivity index (χ2n) is 7.92. The van der Waals surface area contributed by atoms with E-state index in [0.29, 0.717) is 38.0 Å². The molecule has 34 heavy (non-hydrogen) atoms. The number of rotatable bonds is 7. The lowest BCUT2D eigenvalue weighted by Gasteiger charge is -2.31. The Bertz CT molecular complexity index is 1020. The molecule has 1 unspecified atom stereocenters. The summed E-state index contributed by atoms with van der Waals surface area (Å²) in [4.78, 5) is 51.5. The lowest BCUT2D eigenvalue weighted by Crippen LogP contribution is -2.44. The smallest absolute Gasteiger partial charge is 0.321 e. The Morgan fingerprint density at radius 3 is 2.24 bits per heavy atom. The molecule has 0 aliphatic carbocycles. The zero-order chi connectivity index (χ0) is 24.3. The van der Waals surface area contributed by atoms with Crippen molar-refractivity contribution < 1.29 is 23.9 Å². The minimum Gasteiger partial charge on any atom is -0.447 e. The minimum atomic E-state index is -1.25. The number of amides is 4. The summed E-state index contributed by atoms with van der Waals surface area (Å²) in [6.45, 7) is 2.91. The predicted molar refractivity (Wildman–Crippen MR) is 127 cm³/mol. The molecule has 0 saturated carbocycles. The Balaban J connectivity index is 1.57. The molecule has 8 heteroatoms. The van der Waals surface area contributed by atoms with E-state index in [1.807, 2.05) is 30.3 Å². The van der Waals surface area contributed by atoms with Crippen LogP contribution in [0, 0.1) is 5.92 Å². The third-order valence-electron chi connectivity index (χ3n) is 5.51. The van der Waals surface area contributed by atoms with Crippen LogP contribution in [0.4, 0.5) is 4.79 Å². The Morgan fingerprint density at radius 2 is 1.62 bits per heavy atom. The van der Waals surface area contributed by atoms with E-state index in [1.54, 1.807) is 48.2 Å². The Morgan fingerprint density at radius 1 is 1.00 bits per heavy atom. The number of esters is 1. The molecule has 3 rings (SSSR count). The summed E-state index contributed by atoms with van der Waals surface area (Å²) in [5.74, 6) is -1.79. The van der Waals surface area contributed by atoms with Gasteiger partial charge in [-0.05, 0) is 31.4 Å². The average Bonchev–Trinajstić information content (AvgIpc) is 2.87. The summed E-state index contributed by atoms with van der Waals surface area (Å²) in [6.07, 6.45) is 2.92. The SMILES string of the molecule is CCNC(=O)NC(=O)C(OC(=O)C1CCN(C(=O)/C=C/c2ccccc2)CC1)c1ccccc1. The van der Waals surface area contributed by atoms with Gasteiger partial charge in [-0.1, -0.05) is 60.7 Å². The summed E-state index contributed by atoms with van der Waals surface area (Å²) in [5.41, 5.74) is 1.41. The van der Waals surface area contributed by atoms with E-state index < -0.39 is 29.9 Å². The first-order chi connectivity index (χ1) is 16.5. The number of nitrogens with one attached hydrogen (secondary N) is 2. The van der Waals surface area contributed by atoms with Crippen LogP contribution in [0.25, 0.3) is 6.08 Å². The molecule has 4 amide bonds. The number of urea groups is 1. The quantitative estimate of drug-likeness (QED) is 0.485. The van der Waals surface area contributed by atoms with E-state index in [9.17, 15) is 19.2 Å². The normalized spacial score (nSPS) is 14.9. The highest BCUT2D eigenvalue weighted by molar-refractivity contribution is 5.98. The first-order valence-electron chi connectivity index (χ1n) is 11.3. The van der Waals surface area contributed by atoms with Crippen molar-refractivity contribution in [3.05, 3.63) is 77.9 Å². The van der Waals surface area contributed by atoms with E-state index in [1.165, 1.54) is 6.08 Å². The lowest BCUT2D eigenvalue weighted by atomic mass is 9.96. The molecule has 0 radical (unpaired) electrons. The number of benzene rings is 2. The van der Waals surface area contributed by atoms with Crippen molar-refractivity contribution in [3.63, 3.8) is 0 Å².